The van der Waals surface area contributed by atoms with Gasteiger partial charge in [-0.25, -0.2) is 0 Å². The van der Waals surface area contributed by atoms with Crippen molar-refractivity contribution in [3.8, 4) is 0 Å². The highest BCUT2D eigenvalue weighted by molar-refractivity contribution is 5.85. The van der Waals surface area contributed by atoms with Gasteiger partial charge >= 0.3 is 0 Å². The average molecular weight is 170 g/mol. The summed E-state index contributed by atoms with van der Waals surface area (Å²) in [5.74, 6) is 0.153. The van der Waals surface area contributed by atoms with Gasteiger partial charge in [0.15, 0.2) is 0 Å². The summed E-state index contributed by atoms with van der Waals surface area (Å²) in [6.45, 7) is 8.91. The van der Waals surface area contributed by atoms with Crippen molar-refractivity contribution in [3.63, 3.8) is 0 Å². The molecule has 0 aromatic rings. The molecule has 0 spiro atoms. The molecule has 1 atom stereocenters. The van der Waals surface area contributed by atoms with Crippen molar-refractivity contribution in [2.24, 2.45) is 5.41 Å². The predicted octanol–water partition coefficient (Wildman–Crippen LogP) is 0.509. The van der Waals surface area contributed by atoms with E-state index in [2.05, 4.69) is 24.5 Å². The van der Waals surface area contributed by atoms with E-state index < -0.39 is 0 Å². The molecular formula is C9H18N2O. The fraction of sp³-hybridized carbons (Fsp3) is 0.889. The zero-order valence-electron chi connectivity index (χ0n) is 8.27. The Morgan fingerprint density at radius 3 is 2.50 bits per heavy atom. The molecule has 1 unspecified atom stereocenters. The molecule has 3 nitrogen and oxygen atoms in total. The first kappa shape index (κ1) is 9.52. The molecule has 1 aliphatic rings. The zero-order valence-corrected chi connectivity index (χ0v) is 8.27. The van der Waals surface area contributed by atoms with Crippen LogP contribution in [0.15, 0.2) is 0 Å². The Labute approximate surface area is 73.9 Å². The fourth-order valence-corrected chi connectivity index (χ4v) is 1.51. The summed E-state index contributed by atoms with van der Waals surface area (Å²) in [6.07, 6.45) is 0. The highest BCUT2D eigenvalue weighted by Gasteiger charge is 2.42. The molecule has 0 saturated carbocycles. The number of carbonyl (C=O) groups excluding carboxylic acids is 1. The molecule has 3 heteroatoms. The number of rotatable bonds is 2. The van der Waals surface area contributed by atoms with Gasteiger partial charge in [0.1, 0.15) is 0 Å². The minimum atomic E-state index is -0.260. The quantitative estimate of drug-likeness (QED) is 0.634. The highest BCUT2D eigenvalue weighted by Crippen LogP contribution is 2.25. The highest BCUT2D eigenvalue weighted by atomic mass is 16.2. The monoisotopic (exact) mass is 170 g/mol. The van der Waals surface area contributed by atoms with Crippen LogP contribution in [0.3, 0.4) is 0 Å². The standard InChI is InChI=1S/C9H18N2O/c1-6(2)11-7-5-10-8(12)9(7,3)4/h6-7,11H,5H2,1-4H3,(H,10,12). The number of nitrogens with one attached hydrogen (secondary N) is 2. The van der Waals surface area contributed by atoms with Crippen LogP contribution in [0.4, 0.5) is 0 Å². The zero-order chi connectivity index (χ0) is 9.35. The van der Waals surface area contributed by atoms with Crippen molar-refractivity contribution in [1.29, 1.82) is 0 Å². The molecule has 1 amide bonds. The summed E-state index contributed by atoms with van der Waals surface area (Å²) in [6, 6.07) is 0.701. The van der Waals surface area contributed by atoms with Gasteiger partial charge in [0.05, 0.1) is 5.41 Å². The summed E-state index contributed by atoms with van der Waals surface area (Å²) < 4.78 is 0. The number of carbonyl (C=O) groups is 1. The van der Waals surface area contributed by atoms with Crippen LogP contribution in [-0.2, 0) is 4.79 Å². The van der Waals surface area contributed by atoms with Gasteiger partial charge in [0.2, 0.25) is 5.91 Å². The maximum atomic E-state index is 11.3. The molecule has 0 radical (unpaired) electrons. The van der Waals surface area contributed by atoms with Crippen molar-refractivity contribution in [3.05, 3.63) is 0 Å². The normalized spacial score (nSPS) is 27.8. The predicted molar refractivity (Wildman–Crippen MR) is 48.9 cm³/mol. The maximum Gasteiger partial charge on any atom is 0.227 e. The van der Waals surface area contributed by atoms with Crippen molar-refractivity contribution >= 4 is 5.91 Å². The van der Waals surface area contributed by atoms with Crippen molar-refractivity contribution in [1.82, 2.24) is 10.6 Å². The van der Waals surface area contributed by atoms with E-state index in [0.717, 1.165) is 6.54 Å². The smallest absolute Gasteiger partial charge is 0.227 e. The number of hydrogen-bond acceptors (Lipinski definition) is 2. The largest absolute Gasteiger partial charge is 0.354 e. The Morgan fingerprint density at radius 1 is 1.58 bits per heavy atom. The number of hydrogen-bond donors (Lipinski definition) is 2. The van der Waals surface area contributed by atoms with E-state index in [1.165, 1.54) is 0 Å². The molecule has 1 aliphatic heterocycles. The second kappa shape index (κ2) is 3.05. The average Bonchev–Trinajstić information content (AvgIpc) is 2.15. The van der Waals surface area contributed by atoms with Crippen LogP contribution in [0.25, 0.3) is 0 Å². The summed E-state index contributed by atoms with van der Waals surface area (Å²) in [7, 11) is 0. The Morgan fingerprint density at radius 2 is 2.17 bits per heavy atom. The van der Waals surface area contributed by atoms with Crippen LogP contribution in [0.1, 0.15) is 27.7 Å². The van der Waals surface area contributed by atoms with Crippen LogP contribution in [0.2, 0.25) is 0 Å². The van der Waals surface area contributed by atoms with Crippen LogP contribution in [0, 0.1) is 5.41 Å². The van der Waals surface area contributed by atoms with Gasteiger partial charge < -0.3 is 10.6 Å². The first-order chi connectivity index (χ1) is 5.44. The molecule has 1 fully saturated rings. The Hall–Kier alpha value is -0.570. The molecule has 2 N–H and O–H groups in total. The van der Waals surface area contributed by atoms with Gasteiger partial charge in [-0.1, -0.05) is 13.8 Å². The van der Waals surface area contributed by atoms with Gasteiger partial charge in [0, 0.05) is 18.6 Å². The lowest BCUT2D eigenvalue weighted by Crippen LogP contribution is -2.45. The molecular weight excluding hydrogens is 152 g/mol. The van der Waals surface area contributed by atoms with E-state index in [1.54, 1.807) is 0 Å². The Bertz CT molecular complexity index is 187. The van der Waals surface area contributed by atoms with E-state index >= 15 is 0 Å². The molecule has 0 aliphatic carbocycles. The van der Waals surface area contributed by atoms with Crippen LogP contribution < -0.4 is 10.6 Å². The van der Waals surface area contributed by atoms with Crippen LogP contribution in [-0.4, -0.2) is 24.5 Å². The SMILES string of the molecule is CC(C)NC1CNC(=O)C1(C)C. The molecule has 70 valence electrons. The summed E-state index contributed by atoms with van der Waals surface area (Å²) in [4.78, 5) is 11.3. The van der Waals surface area contributed by atoms with E-state index in [4.69, 9.17) is 0 Å². The van der Waals surface area contributed by atoms with Crippen molar-refractivity contribution in [2.75, 3.05) is 6.54 Å². The van der Waals surface area contributed by atoms with Crippen LogP contribution in [0.5, 0.6) is 0 Å². The van der Waals surface area contributed by atoms with Gasteiger partial charge in [-0.2, -0.15) is 0 Å². The third kappa shape index (κ3) is 1.61. The fourth-order valence-electron chi connectivity index (χ4n) is 1.51. The van der Waals surface area contributed by atoms with E-state index in [9.17, 15) is 4.79 Å². The summed E-state index contributed by atoms with van der Waals surface area (Å²) in [5.41, 5.74) is -0.260. The van der Waals surface area contributed by atoms with Crippen molar-refractivity contribution < 1.29 is 4.79 Å². The molecule has 0 aromatic heterocycles. The lowest BCUT2D eigenvalue weighted by atomic mass is 9.87. The second-order valence-electron chi connectivity index (χ2n) is 4.31. The molecule has 12 heavy (non-hydrogen) atoms. The first-order valence-electron chi connectivity index (χ1n) is 4.49. The van der Waals surface area contributed by atoms with Gasteiger partial charge in [0.25, 0.3) is 0 Å². The molecule has 1 saturated heterocycles. The molecule has 0 aromatic carbocycles. The number of amides is 1. The minimum Gasteiger partial charge on any atom is -0.354 e. The summed E-state index contributed by atoms with van der Waals surface area (Å²) >= 11 is 0. The Balaban J connectivity index is 2.62. The van der Waals surface area contributed by atoms with E-state index in [1.807, 2.05) is 13.8 Å². The molecule has 0 bridgehead atoms. The second-order valence-corrected chi connectivity index (χ2v) is 4.31. The maximum absolute atomic E-state index is 11.3. The van der Waals surface area contributed by atoms with E-state index in [-0.39, 0.29) is 17.4 Å². The minimum absolute atomic E-state index is 0.153. The lowest BCUT2D eigenvalue weighted by Gasteiger charge is -2.26. The lowest BCUT2D eigenvalue weighted by molar-refractivity contribution is -0.126. The third-order valence-electron chi connectivity index (χ3n) is 2.46. The molecule has 1 heterocycles. The van der Waals surface area contributed by atoms with Gasteiger partial charge in [-0.15, -0.1) is 0 Å². The van der Waals surface area contributed by atoms with E-state index in [0.29, 0.717) is 6.04 Å². The summed E-state index contributed by atoms with van der Waals surface area (Å²) in [5, 5.41) is 6.24. The van der Waals surface area contributed by atoms with Crippen LogP contribution >= 0.6 is 0 Å². The molecule has 1 rings (SSSR count). The Kier molecular flexibility index (Phi) is 2.42. The van der Waals surface area contributed by atoms with Gasteiger partial charge in [-0.3, -0.25) is 4.79 Å². The third-order valence-corrected chi connectivity index (χ3v) is 2.46. The first-order valence-corrected chi connectivity index (χ1v) is 4.49. The topological polar surface area (TPSA) is 41.1 Å². The van der Waals surface area contributed by atoms with Crippen molar-refractivity contribution in [2.45, 2.75) is 39.8 Å². The van der Waals surface area contributed by atoms with Gasteiger partial charge in [-0.05, 0) is 13.8 Å².